The van der Waals surface area contributed by atoms with Crippen LogP contribution in [-0.4, -0.2) is 16.0 Å². The Kier molecular flexibility index (Phi) is 6.18. The number of carbonyl (C=O) groups is 1. The van der Waals surface area contributed by atoms with Crippen LogP contribution >= 0.6 is 0 Å². The number of rotatable bonds is 6. The highest BCUT2D eigenvalue weighted by molar-refractivity contribution is 5.61. The van der Waals surface area contributed by atoms with Crippen molar-refractivity contribution in [3.05, 3.63) is 79.4 Å². The molecule has 0 saturated heterocycles. The Hall–Kier alpha value is -3.63. The smallest absolute Gasteiger partial charge is 0.426 e. The molecular weight excluding hydrogens is 382 g/mol. The summed E-state index contributed by atoms with van der Waals surface area (Å²) in [6.45, 7) is 2.80. The van der Waals surface area contributed by atoms with Gasteiger partial charge in [-0.3, -0.25) is 20.2 Å². The van der Waals surface area contributed by atoms with Crippen molar-refractivity contribution in [1.82, 2.24) is 0 Å². The molecule has 0 saturated carbocycles. The van der Waals surface area contributed by atoms with Gasteiger partial charge < -0.3 is 9.47 Å². The lowest BCUT2D eigenvalue weighted by atomic mass is 10.1. The molecule has 0 fully saturated rings. The summed E-state index contributed by atoms with van der Waals surface area (Å²) in [6.07, 6.45) is -3.12. The summed E-state index contributed by atoms with van der Waals surface area (Å²) in [4.78, 5) is 31.3. The lowest BCUT2D eigenvalue weighted by Gasteiger charge is -2.17. The molecule has 0 radical (unpaired) electrons. The van der Waals surface area contributed by atoms with Gasteiger partial charge in [-0.05, 0) is 49.2 Å². The van der Waals surface area contributed by atoms with Crippen molar-refractivity contribution in [2.24, 2.45) is 0 Å². The van der Waals surface area contributed by atoms with E-state index in [0.29, 0.717) is 0 Å². The van der Waals surface area contributed by atoms with Gasteiger partial charge in [-0.25, -0.2) is 4.79 Å². The van der Waals surface area contributed by atoms with Gasteiger partial charge in [-0.1, -0.05) is 0 Å². The zero-order valence-electron chi connectivity index (χ0n) is 14.6. The van der Waals surface area contributed by atoms with Gasteiger partial charge in [0.15, 0.2) is 0 Å². The fourth-order valence-corrected chi connectivity index (χ4v) is 2.30. The number of hydrogen-bond donors (Lipinski definition) is 0. The van der Waals surface area contributed by atoms with Gasteiger partial charge in [0.1, 0.15) is 12.2 Å². The molecule has 0 aliphatic carbocycles. The van der Waals surface area contributed by atoms with E-state index in [1.165, 1.54) is 26.0 Å². The van der Waals surface area contributed by atoms with Crippen LogP contribution in [0.1, 0.15) is 37.2 Å². The minimum absolute atomic E-state index is 0.161. The standard InChI is InChI=1S/C17H14F2N2O7/c1-9(11-3-5-15(20(23)24)13(18)7-11)27-17(22)28-10(2)12-4-6-16(21(25)26)14(19)8-12/h3-10H,1-2H3/t9-,10-/m0/s1. The number of nitrogens with zero attached hydrogens (tertiary/aromatic N) is 2. The van der Waals surface area contributed by atoms with Crippen LogP contribution in [0.15, 0.2) is 36.4 Å². The highest BCUT2D eigenvalue weighted by Crippen LogP contribution is 2.27. The van der Waals surface area contributed by atoms with E-state index < -0.39 is 51.2 Å². The van der Waals surface area contributed by atoms with E-state index in [-0.39, 0.29) is 11.1 Å². The molecule has 0 heterocycles. The summed E-state index contributed by atoms with van der Waals surface area (Å²) in [5.41, 5.74) is -1.11. The van der Waals surface area contributed by atoms with Crippen molar-refractivity contribution in [1.29, 1.82) is 0 Å². The summed E-state index contributed by atoms with van der Waals surface area (Å²) >= 11 is 0. The van der Waals surface area contributed by atoms with Crippen molar-refractivity contribution in [2.45, 2.75) is 26.1 Å². The Morgan fingerprint density at radius 3 is 1.50 bits per heavy atom. The Morgan fingerprint density at radius 2 is 1.21 bits per heavy atom. The maximum atomic E-state index is 13.7. The van der Waals surface area contributed by atoms with Gasteiger partial charge in [0.2, 0.25) is 11.6 Å². The van der Waals surface area contributed by atoms with Gasteiger partial charge >= 0.3 is 17.5 Å². The highest BCUT2D eigenvalue weighted by atomic mass is 19.1. The molecule has 2 rings (SSSR count). The molecule has 2 aromatic rings. The minimum atomic E-state index is -1.16. The van der Waals surface area contributed by atoms with Crippen LogP contribution in [0, 0.1) is 31.9 Å². The Bertz CT molecular complexity index is 862. The summed E-state index contributed by atoms with van der Waals surface area (Å²) in [6, 6.07) is 6.08. The third-order valence-corrected chi connectivity index (χ3v) is 3.82. The Morgan fingerprint density at radius 1 is 0.857 bits per heavy atom. The molecule has 2 atom stereocenters. The number of halogens is 2. The fraction of sp³-hybridized carbons (Fsp3) is 0.235. The van der Waals surface area contributed by atoms with Crippen molar-refractivity contribution in [3.8, 4) is 0 Å². The van der Waals surface area contributed by atoms with Gasteiger partial charge in [0.25, 0.3) is 0 Å². The number of ether oxygens (including phenoxy) is 2. The number of carbonyl (C=O) groups excluding carboxylic acids is 1. The Balaban J connectivity index is 2.03. The van der Waals surface area contributed by atoms with E-state index in [0.717, 1.165) is 24.3 Å². The largest absolute Gasteiger partial charge is 0.509 e. The van der Waals surface area contributed by atoms with E-state index in [1.54, 1.807) is 0 Å². The maximum absolute atomic E-state index is 13.7. The second-order valence-electron chi connectivity index (χ2n) is 5.71. The first-order valence-corrected chi connectivity index (χ1v) is 7.85. The van der Waals surface area contributed by atoms with Gasteiger partial charge in [-0.2, -0.15) is 8.78 Å². The van der Waals surface area contributed by atoms with E-state index in [4.69, 9.17) is 9.47 Å². The molecule has 0 aliphatic heterocycles. The first-order valence-electron chi connectivity index (χ1n) is 7.85. The van der Waals surface area contributed by atoms with Crippen molar-refractivity contribution in [3.63, 3.8) is 0 Å². The van der Waals surface area contributed by atoms with Crippen LogP contribution < -0.4 is 0 Å². The molecular formula is C17H14F2N2O7. The summed E-state index contributed by atoms with van der Waals surface area (Å²) in [7, 11) is 0. The van der Waals surface area contributed by atoms with E-state index >= 15 is 0 Å². The van der Waals surface area contributed by atoms with Crippen molar-refractivity contribution >= 4 is 17.5 Å². The maximum Gasteiger partial charge on any atom is 0.509 e. The molecule has 0 aliphatic rings. The zero-order chi connectivity index (χ0) is 21.0. The molecule has 11 heteroatoms. The normalized spacial score (nSPS) is 12.7. The molecule has 0 spiro atoms. The second kappa shape index (κ2) is 8.37. The monoisotopic (exact) mass is 396 g/mol. The molecule has 0 unspecified atom stereocenters. The molecule has 148 valence electrons. The summed E-state index contributed by atoms with van der Waals surface area (Å²) < 4.78 is 37.3. The predicted octanol–water partition coefficient (Wildman–Crippen LogP) is 4.76. The molecule has 2 aromatic carbocycles. The third kappa shape index (κ3) is 4.75. The SMILES string of the molecule is C[C@H](OC(=O)O[C@@H](C)c1ccc([N+](=O)[O-])c(F)c1)c1ccc([N+](=O)[O-])c(F)c1. The van der Waals surface area contributed by atoms with Crippen LogP contribution in [0.25, 0.3) is 0 Å². The number of benzene rings is 2. The molecule has 0 bridgehead atoms. The fourth-order valence-electron chi connectivity index (χ4n) is 2.30. The van der Waals surface area contributed by atoms with E-state index in [1.807, 2.05) is 0 Å². The topological polar surface area (TPSA) is 122 Å². The molecule has 9 nitrogen and oxygen atoms in total. The average Bonchev–Trinajstić information content (AvgIpc) is 2.60. The van der Waals surface area contributed by atoms with Crippen molar-refractivity contribution in [2.75, 3.05) is 0 Å². The minimum Gasteiger partial charge on any atom is -0.426 e. The third-order valence-electron chi connectivity index (χ3n) is 3.82. The first kappa shape index (κ1) is 20.7. The summed E-state index contributed by atoms with van der Waals surface area (Å²) in [5, 5.41) is 21.2. The number of nitro groups is 2. The van der Waals surface area contributed by atoms with Crippen LogP contribution in [0.4, 0.5) is 25.0 Å². The van der Waals surface area contributed by atoms with Crippen molar-refractivity contribution < 1.29 is 32.9 Å². The second-order valence-corrected chi connectivity index (χ2v) is 5.71. The van der Waals surface area contributed by atoms with E-state index in [2.05, 4.69) is 0 Å². The Labute approximate surface area is 156 Å². The van der Waals surface area contributed by atoms with Gasteiger partial charge in [-0.15, -0.1) is 0 Å². The summed E-state index contributed by atoms with van der Waals surface area (Å²) in [5.74, 6) is -2.16. The molecule has 28 heavy (non-hydrogen) atoms. The molecule has 0 aromatic heterocycles. The van der Waals surface area contributed by atoms with Gasteiger partial charge in [0.05, 0.1) is 9.85 Å². The molecule has 0 amide bonds. The molecule has 0 N–H and O–H groups in total. The first-order chi connectivity index (χ1) is 13.1. The quantitative estimate of drug-likeness (QED) is 0.392. The lowest BCUT2D eigenvalue weighted by Crippen LogP contribution is -2.14. The van der Waals surface area contributed by atoms with Gasteiger partial charge in [0, 0.05) is 12.1 Å². The van der Waals surface area contributed by atoms with E-state index in [9.17, 15) is 33.8 Å². The predicted molar refractivity (Wildman–Crippen MR) is 90.5 cm³/mol. The van der Waals surface area contributed by atoms with Crippen LogP contribution in [0.2, 0.25) is 0 Å². The van der Waals surface area contributed by atoms with Crippen LogP contribution in [0.3, 0.4) is 0 Å². The highest BCUT2D eigenvalue weighted by Gasteiger charge is 2.22. The zero-order valence-corrected chi connectivity index (χ0v) is 14.6. The number of nitro benzene ring substituents is 2. The lowest BCUT2D eigenvalue weighted by molar-refractivity contribution is -0.387. The number of hydrogen-bond acceptors (Lipinski definition) is 7. The average molecular weight is 396 g/mol. The van der Waals surface area contributed by atoms with Crippen LogP contribution in [-0.2, 0) is 9.47 Å². The van der Waals surface area contributed by atoms with Crippen LogP contribution in [0.5, 0.6) is 0 Å².